The first-order chi connectivity index (χ1) is 8.24. The molecule has 4 atom stereocenters. The summed E-state index contributed by atoms with van der Waals surface area (Å²) in [5.74, 6) is 3.04. The quantitative estimate of drug-likeness (QED) is 0.731. The molecule has 2 bridgehead atoms. The van der Waals surface area contributed by atoms with E-state index < -0.39 is 0 Å². The predicted molar refractivity (Wildman–Crippen MR) is 71.2 cm³/mol. The zero-order chi connectivity index (χ0) is 12.3. The van der Waals surface area contributed by atoms with Crippen molar-refractivity contribution in [2.45, 2.75) is 31.7 Å². The summed E-state index contributed by atoms with van der Waals surface area (Å²) in [4.78, 5) is 2.51. The molecule has 0 aromatic rings. The molecule has 1 N–H and O–H groups in total. The molecule has 2 fully saturated rings. The van der Waals surface area contributed by atoms with Crippen LogP contribution in [-0.2, 0) is 4.74 Å². The van der Waals surface area contributed by atoms with Crippen LogP contribution in [0.2, 0.25) is 0 Å². The monoisotopic (exact) mass is 240 g/mol. The number of rotatable bonds is 7. The fraction of sp³-hybridized carbons (Fsp3) is 1.00. The van der Waals surface area contributed by atoms with Crippen LogP contribution in [0, 0.1) is 17.8 Å². The Hall–Kier alpha value is -0.120. The van der Waals surface area contributed by atoms with Gasteiger partial charge in [-0.2, -0.15) is 0 Å². The van der Waals surface area contributed by atoms with Crippen LogP contribution in [0.4, 0.5) is 0 Å². The number of methoxy groups -OCH3 is 1. The van der Waals surface area contributed by atoms with E-state index >= 15 is 0 Å². The van der Waals surface area contributed by atoms with E-state index in [0.717, 1.165) is 30.9 Å². The van der Waals surface area contributed by atoms with Gasteiger partial charge in [-0.25, -0.2) is 0 Å². The van der Waals surface area contributed by atoms with Crippen molar-refractivity contribution in [1.82, 2.24) is 10.2 Å². The Labute approximate surface area is 106 Å². The van der Waals surface area contributed by atoms with Crippen LogP contribution in [0.25, 0.3) is 0 Å². The van der Waals surface area contributed by atoms with E-state index in [0.29, 0.717) is 6.04 Å². The molecule has 0 amide bonds. The van der Waals surface area contributed by atoms with Gasteiger partial charge in [0.2, 0.25) is 0 Å². The highest BCUT2D eigenvalue weighted by molar-refractivity contribution is 4.91. The Morgan fingerprint density at radius 2 is 2.18 bits per heavy atom. The first-order valence-electron chi connectivity index (χ1n) is 7.08. The molecule has 0 heterocycles. The summed E-state index contributed by atoms with van der Waals surface area (Å²) in [6.07, 6.45) is 5.99. The molecule has 4 unspecified atom stereocenters. The van der Waals surface area contributed by atoms with Gasteiger partial charge in [-0.3, -0.25) is 4.90 Å². The second kappa shape index (κ2) is 6.17. The van der Waals surface area contributed by atoms with Crippen molar-refractivity contribution in [1.29, 1.82) is 0 Å². The molecule has 2 aliphatic rings. The summed E-state index contributed by atoms with van der Waals surface area (Å²) in [6.45, 7) is 3.11. The summed E-state index contributed by atoms with van der Waals surface area (Å²) in [7, 11) is 6.08. The average molecular weight is 240 g/mol. The molecule has 0 aliphatic heterocycles. The number of likely N-dealkylation sites (N-methyl/N-ethyl adjacent to an activating group) is 2. The topological polar surface area (TPSA) is 24.5 Å². The molecule has 0 spiro atoms. The first-order valence-corrected chi connectivity index (χ1v) is 7.08. The van der Waals surface area contributed by atoms with Crippen LogP contribution < -0.4 is 5.32 Å². The average Bonchev–Trinajstić information content (AvgIpc) is 2.90. The number of nitrogens with zero attached hydrogens (tertiary/aromatic N) is 1. The standard InChI is InChI=1S/C14H28N2O/c1-15-8-14(10-17-3)16(2)9-13-7-11-4-5-12(13)6-11/h11-15H,4-10H2,1-3H3. The van der Waals surface area contributed by atoms with Crippen molar-refractivity contribution in [3.8, 4) is 0 Å². The SMILES string of the molecule is CNCC(COC)N(C)CC1CC2CCC1C2. The van der Waals surface area contributed by atoms with Crippen LogP contribution in [0.1, 0.15) is 25.7 Å². The molecule has 2 aliphatic carbocycles. The lowest BCUT2D eigenvalue weighted by Gasteiger charge is -2.32. The van der Waals surface area contributed by atoms with Crippen LogP contribution in [-0.4, -0.2) is 51.8 Å². The third-order valence-electron chi connectivity index (χ3n) is 4.83. The van der Waals surface area contributed by atoms with Gasteiger partial charge in [-0.05, 0) is 51.1 Å². The Morgan fingerprint density at radius 1 is 1.35 bits per heavy atom. The summed E-state index contributed by atoms with van der Waals surface area (Å²) >= 11 is 0. The van der Waals surface area contributed by atoms with E-state index in [-0.39, 0.29) is 0 Å². The van der Waals surface area contributed by atoms with Gasteiger partial charge in [-0.15, -0.1) is 0 Å². The van der Waals surface area contributed by atoms with E-state index in [4.69, 9.17) is 4.74 Å². The summed E-state index contributed by atoms with van der Waals surface area (Å²) < 4.78 is 5.32. The normalized spacial score (nSPS) is 33.5. The van der Waals surface area contributed by atoms with Gasteiger partial charge in [0.25, 0.3) is 0 Å². The number of ether oxygens (including phenoxy) is 1. The predicted octanol–water partition coefficient (Wildman–Crippen LogP) is 1.59. The zero-order valence-corrected chi connectivity index (χ0v) is 11.6. The molecule has 3 nitrogen and oxygen atoms in total. The third-order valence-corrected chi connectivity index (χ3v) is 4.83. The van der Waals surface area contributed by atoms with Crippen molar-refractivity contribution in [2.75, 3.05) is 40.9 Å². The summed E-state index contributed by atoms with van der Waals surface area (Å²) in [5, 5.41) is 3.27. The lowest BCUT2D eigenvalue weighted by molar-refractivity contribution is 0.0887. The Kier molecular flexibility index (Phi) is 4.83. The highest BCUT2D eigenvalue weighted by Crippen LogP contribution is 2.48. The lowest BCUT2D eigenvalue weighted by Crippen LogP contribution is -2.44. The third kappa shape index (κ3) is 3.21. The molecule has 0 aromatic heterocycles. The smallest absolute Gasteiger partial charge is 0.0630 e. The molecule has 0 saturated heterocycles. The number of nitrogens with one attached hydrogen (secondary N) is 1. The minimum absolute atomic E-state index is 0.518. The van der Waals surface area contributed by atoms with Crippen LogP contribution >= 0.6 is 0 Å². The van der Waals surface area contributed by atoms with Crippen LogP contribution in [0.3, 0.4) is 0 Å². The van der Waals surface area contributed by atoms with E-state index in [9.17, 15) is 0 Å². The second-order valence-electron chi connectivity index (χ2n) is 6.04. The highest BCUT2D eigenvalue weighted by atomic mass is 16.5. The minimum atomic E-state index is 0.518. The van der Waals surface area contributed by atoms with E-state index in [1.165, 1.54) is 32.2 Å². The van der Waals surface area contributed by atoms with Gasteiger partial charge in [0.15, 0.2) is 0 Å². The molecule has 3 heteroatoms. The largest absolute Gasteiger partial charge is 0.383 e. The molecular weight excluding hydrogens is 212 g/mol. The molecule has 17 heavy (non-hydrogen) atoms. The van der Waals surface area contributed by atoms with Gasteiger partial charge in [0.1, 0.15) is 0 Å². The zero-order valence-electron chi connectivity index (χ0n) is 11.6. The van der Waals surface area contributed by atoms with Crippen molar-refractivity contribution in [3.05, 3.63) is 0 Å². The molecular formula is C14H28N2O. The van der Waals surface area contributed by atoms with E-state index in [1.807, 2.05) is 7.05 Å². The van der Waals surface area contributed by atoms with Gasteiger partial charge < -0.3 is 10.1 Å². The van der Waals surface area contributed by atoms with Gasteiger partial charge in [0, 0.05) is 26.2 Å². The number of hydrogen-bond donors (Lipinski definition) is 1. The first kappa shape index (κ1) is 13.3. The van der Waals surface area contributed by atoms with Crippen molar-refractivity contribution < 1.29 is 4.74 Å². The Balaban J connectivity index is 1.80. The van der Waals surface area contributed by atoms with Crippen LogP contribution in [0.5, 0.6) is 0 Å². The van der Waals surface area contributed by atoms with E-state index in [1.54, 1.807) is 7.11 Å². The van der Waals surface area contributed by atoms with Crippen molar-refractivity contribution in [2.24, 2.45) is 17.8 Å². The fourth-order valence-corrected chi connectivity index (χ4v) is 3.89. The van der Waals surface area contributed by atoms with Crippen LogP contribution in [0.15, 0.2) is 0 Å². The van der Waals surface area contributed by atoms with Crippen molar-refractivity contribution >= 4 is 0 Å². The maximum absolute atomic E-state index is 5.32. The number of hydrogen-bond acceptors (Lipinski definition) is 3. The number of fused-ring (bicyclic) bond motifs is 2. The summed E-state index contributed by atoms with van der Waals surface area (Å²) in [5.41, 5.74) is 0. The van der Waals surface area contributed by atoms with Crippen molar-refractivity contribution in [3.63, 3.8) is 0 Å². The van der Waals surface area contributed by atoms with Gasteiger partial charge in [0.05, 0.1) is 6.61 Å². The Bertz CT molecular complexity index is 228. The molecule has 0 radical (unpaired) electrons. The molecule has 2 saturated carbocycles. The maximum Gasteiger partial charge on any atom is 0.0630 e. The lowest BCUT2D eigenvalue weighted by atomic mass is 9.88. The fourth-order valence-electron chi connectivity index (χ4n) is 3.89. The second-order valence-corrected chi connectivity index (χ2v) is 6.04. The van der Waals surface area contributed by atoms with Gasteiger partial charge >= 0.3 is 0 Å². The van der Waals surface area contributed by atoms with E-state index in [2.05, 4.69) is 17.3 Å². The maximum atomic E-state index is 5.32. The molecule has 100 valence electrons. The minimum Gasteiger partial charge on any atom is -0.383 e. The molecule has 2 rings (SSSR count). The Morgan fingerprint density at radius 3 is 2.71 bits per heavy atom. The summed E-state index contributed by atoms with van der Waals surface area (Å²) in [6, 6.07) is 0.518. The van der Waals surface area contributed by atoms with Gasteiger partial charge in [-0.1, -0.05) is 6.42 Å². The highest BCUT2D eigenvalue weighted by Gasteiger charge is 2.40. The molecule has 0 aromatic carbocycles.